The maximum absolute atomic E-state index is 13.0. The number of alkyl halides is 3. The fourth-order valence-electron chi connectivity index (χ4n) is 4.35. The van der Waals surface area contributed by atoms with E-state index in [0.717, 1.165) is 48.9 Å². The number of halogens is 3. The highest BCUT2D eigenvalue weighted by molar-refractivity contribution is 5.96. The van der Waals surface area contributed by atoms with Crippen LogP contribution >= 0.6 is 0 Å². The summed E-state index contributed by atoms with van der Waals surface area (Å²) in [6.07, 6.45) is 1.38. The molecule has 0 saturated heterocycles. The Morgan fingerprint density at radius 3 is 2.38 bits per heavy atom. The van der Waals surface area contributed by atoms with E-state index in [4.69, 9.17) is 0 Å². The number of carbonyl (C=O) groups is 1. The first-order valence-corrected chi connectivity index (χ1v) is 8.82. The minimum Gasteiger partial charge on any atom is -0.340 e. The smallest absolute Gasteiger partial charge is 0.340 e. The molecule has 3 aliphatic carbocycles. The zero-order valence-electron chi connectivity index (χ0n) is 14.4. The summed E-state index contributed by atoms with van der Waals surface area (Å²) >= 11 is 0. The zero-order valence-corrected chi connectivity index (χ0v) is 14.4. The van der Waals surface area contributed by atoms with Crippen molar-refractivity contribution >= 4 is 17.3 Å². The average Bonchev–Trinajstić information content (AvgIpc) is 2.62. The number of fused-ring (bicyclic) bond motifs is 2. The Morgan fingerprint density at radius 1 is 1.12 bits per heavy atom. The van der Waals surface area contributed by atoms with Crippen LogP contribution in [0, 0.1) is 0 Å². The van der Waals surface area contributed by atoms with Gasteiger partial charge in [-0.1, -0.05) is 6.07 Å². The fourth-order valence-corrected chi connectivity index (χ4v) is 4.35. The molecule has 1 N–H and O–H groups in total. The largest absolute Gasteiger partial charge is 0.416 e. The number of nitrogens with one attached hydrogen (secondary N) is 1. The third-order valence-electron chi connectivity index (χ3n) is 5.53. The molecule has 1 fully saturated rings. The quantitative estimate of drug-likeness (QED) is 0.703. The minimum absolute atomic E-state index is 0.00748. The monoisotopic (exact) mass is 360 g/mol. The van der Waals surface area contributed by atoms with Crippen molar-refractivity contribution in [2.75, 3.05) is 5.32 Å². The summed E-state index contributed by atoms with van der Waals surface area (Å²) < 4.78 is 38.9. The molecule has 0 amide bonds. The van der Waals surface area contributed by atoms with Crippen molar-refractivity contribution in [2.24, 2.45) is 0 Å². The van der Waals surface area contributed by atoms with Gasteiger partial charge in [0.05, 0.1) is 5.56 Å². The molecule has 1 saturated carbocycles. The molecule has 1 aromatic carbocycles. The van der Waals surface area contributed by atoms with Crippen molar-refractivity contribution in [3.05, 3.63) is 52.7 Å². The number of nitrogens with zero attached hydrogens (tertiary/aromatic N) is 1. The lowest BCUT2D eigenvalue weighted by Gasteiger charge is -2.40. The third kappa shape index (κ3) is 2.87. The Morgan fingerprint density at radius 2 is 1.77 bits per heavy atom. The van der Waals surface area contributed by atoms with Crippen LogP contribution in [0.15, 0.2) is 30.5 Å². The van der Waals surface area contributed by atoms with Gasteiger partial charge >= 0.3 is 6.18 Å². The highest BCUT2D eigenvalue weighted by Gasteiger charge is 2.38. The Hall–Kier alpha value is -2.37. The number of pyridine rings is 1. The number of aromatic nitrogens is 1. The lowest BCUT2D eigenvalue weighted by molar-refractivity contribution is -0.137. The van der Waals surface area contributed by atoms with E-state index in [9.17, 15) is 18.0 Å². The molecule has 2 bridgehead atoms. The van der Waals surface area contributed by atoms with E-state index in [-0.39, 0.29) is 5.78 Å². The molecule has 0 unspecified atom stereocenters. The topological polar surface area (TPSA) is 42.0 Å². The van der Waals surface area contributed by atoms with Crippen LogP contribution in [0.1, 0.15) is 71.5 Å². The summed E-state index contributed by atoms with van der Waals surface area (Å²) in [5.74, 6) is 1.24. The predicted molar refractivity (Wildman–Crippen MR) is 92.9 cm³/mol. The standard InChI is InChI=1S/C20H19F3N2O/c1-11(26)16-10-24-19(18-13-7-5-12(6-8-13)17(16)18)25-15-4-2-3-14(9-15)20(21,22)23/h2-4,9-10,12-13H,5-8H2,1H3,(H,24,25). The number of hydrogen-bond donors (Lipinski definition) is 1. The van der Waals surface area contributed by atoms with Gasteiger partial charge in [0.1, 0.15) is 5.82 Å². The van der Waals surface area contributed by atoms with E-state index in [0.29, 0.717) is 28.9 Å². The summed E-state index contributed by atoms with van der Waals surface area (Å²) in [6.45, 7) is 1.54. The number of benzene rings is 1. The van der Waals surface area contributed by atoms with Crippen molar-refractivity contribution in [1.82, 2.24) is 4.98 Å². The van der Waals surface area contributed by atoms with E-state index in [2.05, 4.69) is 10.3 Å². The van der Waals surface area contributed by atoms with Crippen molar-refractivity contribution in [3.8, 4) is 0 Å². The van der Waals surface area contributed by atoms with E-state index in [1.807, 2.05) is 0 Å². The van der Waals surface area contributed by atoms with Crippen molar-refractivity contribution in [2.45, 2.75) is 50.6 Å². The van der Waals surface area contributed by atoms with Gasteiger partial charge in [-0.2, -0.15) is 13.2 Å². The molecule has 0 aliphatic heterocycles. The van der Waals surface area contributed by atoms with Gasteiger partial charge in [-0.05, 0) is 68.2 Å². The van der Waals surface area contributed by atoms with E-state index in [1.54, 1.807) is 19.2 Å². The van der Waals surface area contributed by atoms with Crippen LogP contribution in [0.2, 0.25) is 0 Å². The van der Waals surface area contributed by atoms with E-state index < -0.39 is 11.7 Å². The molecule has 5 rings (SSSR count). The fraction of sp³-hybridized carbons (Fsp3) is 0.400. The lowest BCUT2D eigenvalue weighted by Crippen LogP contribution is -2.26. The third-order valence-corrected chi connectivity index (χ3v) is 5.53. The molecule has 2 aromatic rings. The van der Waals surface area contributed by atoms with E-state index in [1.165, 1.54) is 6.07 Å². The number of anilines is 2. The highest BCUT2D eigenvalue weighted by Crippen LogP contribution is 2.52. The second kappa shape index (κ2) is 6.11. The molecule has 3 nitrogen and oxygen atoms in total. The molecule has 26 heavy (non-hydrogen) atoms. The normalized spacial score (nSPS) is 21.4. The molecule has 0 spiro atoms. The zero-order chi connectivity index (χ0) is 18.5. The number of Topliss-reactive ketones (excluding diaryl/α,β-unsaturated/α-hetero) is 1. The van der Waals surface area contributed by atoms with Crippen molar-refractivity contribution in [3.63, 3.8) is 0 Å². The second-order valence-electron chi connectivity index (χ2n) is 7.16. The highest BCUT2D eigenvalue weighted by atomic mass is 19.4. The summed E-state index contributed by atoms with van der Waals surface area (Å²) in [5.41, 5.74) is 2.40. The first-order chi connectivity index (χ1) is 12.3. The molecule has 0 radical (unpaired) electrons. The van der Waals surface area contributed by atoms with Crippen LogP contribution in [0.3, 0.4) is 0 Å². The summed E-state index contributed by atoms with van der Waals surface area (Å²) in [7, 11) is 0. The Bertz CT molecular complexity index is 868. The van der Waals surface area contributed by atoms with Gasteiger partial charge in [0.15, 0.2) is 5.78 Å². The second-order valence-corrected chi connectivity index (χ2v) is 7.16. The Labute approximate surface area is 149 Å². The van der Waals surface area contributed by atoms with Crippen LogP contribution in [0.5, 0.6) is 0 Å². The first kappa shape index (κ1) is 17.1. The van der Waals surface area contributed by atoms with Crippen molar-refractivity contribution in [1.29, 1.82) is 0 Å². The molecular weight excluding hydrogens is 341 g/mol. The van der Waals surface area contributed by atoms with Gasteiger partial charge < -0.3 is 5.32 Å². The van der Waals surface area contributed by atoms with Gasteiger partial charge in [-0.25, -0.2) is 4.98 Å². The molecule has 136 valence electrons. The minimum atomic E-state index is -4.39. The maximum atomic E-state index is 13.0. The van der Waals surface area contributed by atoms with Gasteiger partial charge in [0, 0.05) is 23.0 Å². The van der Waals surface area contributed by atoms with Crippen molar-refractivity contribution < 1.29 is 18.0 Å². The lowest BCUT2D eigenvalue weighted by atomic mass is 9.66. The van der Waals surface area contributed by atoms with Crippen LogP contribution in [0.4, 0.5) is 24.7 Å². The molecule has 3 aliphatic rings. The number of ketones is 1. The summed E-state index contributed by atoms with van der Waals surface area (Å²) in [4.78, 5) is 16.4. The number of rotatable bonds is 3. The van der Waals surface area contributed by atoms with Crippen LogP contribution in [0.25, 0.3) is 0 Å². The first-order valence-electron chi connectivity index (χ1n) is 8.82. The van der Waals surface area contributed by atoms with Gasteiger partial charge in [-0.3, -0.25) is 4.79 Å². The Balaban J connectivity index is 1.77. The summed E-state index contributed by atoms with van der Waals surface area (Å²) in [5, 5.41) is 3.07. The van der Waals surface area contributed by atoms with Gasteiger partial charge in [0.2, 0.25) is 0 Å². The molecule has 6 heteroatoms. The van der Waals surface area contributed by atoms with E-state index >= 15 is 0 Å². The average molecular weight is 360 g/mol. The predicted octanol–water partition coefficient (Wildman–Crippen LogP) is 5.80. The van der Waals surface area contributed by atoms with Gasteiger partial charge in [-0.15, -0.1) is 0 Å². The van der Waals surface area contributed by atoms with Gasteiger partial charge in [0.25, 0.3) is 0 Å². The number of carbonyl (C=O) groups excluding carboxylic acids is 1. The molecule has 0 atom stereocenters. The summed E-state index contributed by atoms with van der Waals surface area (Å²) in [6, 6.07) is 5.12. The Kier molecular flexibility index (Phi) is 4.01. The number of hydrogen-bond acceptors (Lipinski definition) is 3. The molecular formula is C20H19F3N2O. The van der Waals surface area contributed by atoms with Crippen LogP contribution in [-0.2, 0) is 6.18 Å². The molecule has 1 aromatic heterocycles. The van der Waals surface area contributed by atoms with Crippen LogP contribution < -0.4 is 5.32 Å². The van der Waals surface area contributed by atoms with Crippen LogP contribution in [-0.4, -0.2) is 10.8 Å². The molecule has 1 heterocycles. The SMILES string of the molecule is CC(=O)c1cnc(Nc2cccc(C(F)(F)F)c2)c2c1C1CCC2CC1. The maximum Gasteiger partial charge on any atom is 0.416 e.